The van der Waals surface area contributed by atoms with Gasteiger partial charge in [-0.25, -0.2) is 0 Å². The first-order valence-electron chi connectivity index (χ1n) is 7.54. The van der Waals surface area contributed by atoms with E-state index in [2.05, 4.69) is 16.0 Å². The van der Waals surface area contributed by atoms with Crippen molar-refractivity contribution in [1.82, 2.24) is 10.6 Å². The van der Waals surface area contributed by atoms with Gasteiger partial charge in [0.25, 0.3) is 0 Å². The molecule has 2 rings (SSSR count). The van der Waals surface area contributed by atoms with Gasteiger partial charge in [-0.2, -0.15) is 0 Å². The minimum atomic E-state index is -0.232. The maximum Gasteiger partial charge on any atom is 0.234 e. The second-order valence-electron chi connectivity index (χ2n) is 5.57. The van der Waals surface area contributed by atoms with Gasteiger partial charge in [-0.05, 0) is 38.9 Å². The van der Waals surface area contributed by atoms with Gasteiger partial charge in [0.15, 0.2) is 0 Å². The normalized spacial score (nSPS) is 17.9. The molecule has 1 saturated heterocycles. The largest absolute Gasteiger partial charge is 0.351 e. The average molecular weight is 358 g/mol. The second-order valence-corrected chi connectivity index (χ2v) is 6.89. The topological polar surface area (TPSA) is 70.2 Å². The number of anilines is 1. The van der Waals surface area contributed by atoms with Crippen LogP contribution in [0.1, 0.15) is 18.9 Å². The molecule has 1 aliphatic heterocycles. The summed E-state index contributed by atoms with van der Waals surface area (Å²) in [6.07, 6.45) is 0.969. The molecule has 7 heteroatoms. The molecule has 2 amide bonds. The first-order valence-corrected chi connectivity index (χ1v) is 8.58. The lowest BCUT2D eigenvalue weighted by Crippen LogP contribution is -2.40. The first kappa shape index (κ1) is 19.8. The summed E-state index contributed by atoms with van der Waals surface area (Å²) >= 11 is 1.35. The van der Waals surface area contributed by atoms with Crippen LogP contribution in [-0.4, -0.2) is 41.9 Å². The summed E-state index contributed by atoms with van der Waals surface area (Å²) in [4.78, 5) is 23.9. The van der Waals surface area contributed by atoms with Crippen molar-refractivity contribution in [3.63, 3.8) is 0 Å². The third-order valence-corrected chi connectivity index (χ3v) is 4.72. The van der Waals surface area contributed by atoms with Crippen LogP contribution in [-0.2, 0) is 9.59 Å². The number of hydrogen-bond donors (Lipinski definition) is 3. The van der Waals surface area contributed by atoms with Gasteiger partial charge >= 0.3 is 0 Å². The van der Waals surface area contributed by atoms with Crippen LogP contribution in [0.15, 0.2) is 24.3 Å². The van der Waals surface area contributed by atoms with Crippen LogP contribution in [0.25, 0.3) is 0 Å². The van der Waals surface area contributed by atoms with Crippen molar-refractivity contribution < 1.29 is 9.59 Å². The fraction of sp³-hybridized carbons (Fsp3) is 0.500. The van der Waals surface area contributed by atoms with Crippen molar-refractivity contribution in [3.8, 4) is 0 Å². The third kappa shape index (κ3) is 6.81. The predicted octanol–water partition coefficient (Wildman–Crippen LogP) is 1.96. The summed E-state index contributed by atoms with van der Waals surface area (Å²) in [6.45, 7) is 5.62. The minimum Gasteiger partial charge on any atom is -0.351 e. The van der Waals surface area contributed by atoms with E-state index in [0.717, 1.165) is 30.8 Å². The quantitative estimate of drug-likeness (QED) is 0.727. The molecule has 128 valence electrons. The predicted molar refractivity (Wildman–Crippen MR) is 98.4 cm³/mol. The number of halogens is 1. The molecular weight excluding hydrogens is 334 g/mol. The van der Waals surface area contributed by atoms with Gasteiger partial charge in [0, 0.05) is 18.3 Å². The Morgan fingerprint density at radius 2 is 2.04 bits per heavy atom. The smallest absolute Gasteiger partial charge is 0.234 e. The van der Waals surface area contributed by atoms with Crippen LogP contribution in [0.4, 0.5) is 5.69 Å². The number of amides is 2. The Hall–Kier alpha value is -1.24. The van der Waals surface area contributed by atoms with Crippen LogP contribution in [0.2, 0.25) is 0 Å². The standard InChI is InChI=1S/C16H23N3O2S.ClH/c1-11-3-5-13(6-4-11)18-15(20)10-22-12(2)16(21)19-14-7-8-17-9-14;/h3-6,12,14,17H,7-10H2,1-2H3,(H,18,20)(H,19,21);1H. The van der Waals surface area contributed by atoms with Crippen LogP contribution < -0.4 is 16.0 Å². The molecule has 1 heterocycles. The van der Waals surface area contributed by atoms with Crippen LogP contribution >= 0.6 is 24.2 Å². The molecule has 0 aromatic heterocycles. The lowest BCUT2D eigenvalue weighted by Gasteiger charge is -2.15. The van der Waals surface area contributed by atoms with Crippen molar-refractivity contribution in [2.24, 2.45) is 0 Å². The molecular formula is C16H24ClN3O2S. The van der Waals surface area contributed by atoms with E-state index in [1.54, 1.807) is 0 Å². The molecule has 5 nitrogen and oxygen atoms in total. The Balaban J connectivity index is 0.00000264. The monoisotopic (exact) mass is 357 g/mol. The van der Waals surface area contributed by atoms with Crippen molar-refractivity contribution >= 4 is 41.7 Å². The zero-order valence-electron chi connectivity index (χ0n) is 13.4. The summed E-state index contributed by atoms with van der Waals surface area (Å²) in [5, 5.41) is 8.82. The number of thioether (sulfide) groups is 1. The van der Waals surface area contributed by atoms with Gasteiger partial charge in [0.2, 0.25) is 11.8 Å². The maximum absolute atomic E-state index is 12.0. The van der Waals surface area contributed by atoms with E-state index >= 15 is 0 Å². The molecule has 2 unspecified atom stereocenters. The zero-order chi connectivity index (χ0) is 15.9. The van der Waals surface area contributed by atoms with E-state index in [0.29, 0.717) is 0 Å². The maximum atomic E-state index is 12.0. The van der Waals surface area contributed by atoms with Gasteiger partial charge in [-0.15, -0.1) is 24.2 Å². The number of hydrogen-bond acceptors (Lipinski definition) is 4. The van der Waals surface area contributed by atoms with Crippen molar-refractivity contribution in [1.29, 1.82) is 0 Å². The number of carbonyl (C=O) groups excluding carboxylic acids is 2. The molecule has 1 aromatic carbocycles. The van der Waals surface area contributed by atoms with Crippen molar-refractivity contribution in [2.45, 2.75) is 31.6 Å². The molecule has 0 aliphatic carbocycles. The van der Waals surface area contributed by atoms with Gasteiger partial charge in [0.05, 0.1) is 11.0 Å². The lowest BCUT2D eigenvalue weighted by molar-refractivity contribution is -0.120. The lowest BCUT2D eigenvalue weighted by atomic mass is 10.2. The summed E-state index contributed by atoms with van der Waals surface area (Å²) < 4.78 is 0. The Kier molecular flexibility index (Phi) is 8.44. The second kappa shape index (κ2) is 9.80. The first-order chi connectivity index (χ1) is 10.5. The van der Waals surface area contributed by atoms with Crippen LogP contribution in [0.3, 0.4) is 0 Å². The van der Waals surface area contributed by atoms with E-state index in [9.17, 15) is 9.59 Å². The van der Waals surface area contributed by atoms with Gasteiger partial charge in [0.1, 0.15) is 0 Å². The fourth-order valence-electron chi connectivity index (χ4n) is 2.21. The SMILES string of the molecule is Cc1ccc(NC(=O)CSC(C)C(=O)NC2CCNC2)cc1.Cl. The Morgan fingerprint density at radius 1 is 1.35 bits per heavy atom. The highest BCUT2D eigenvalue weighted by atomic mass is 35.5. The molecule has 1 aromatic rings. The molecule has 0 spiro atoms. The number of benzene rings is 1. The van der Waals surface area contributed by atoms with Gasteiger partial charge in [-0.1, -0.05) is 17.7 Å². The molecule has 0 radical (unpaired) electrons. The fourth-order valence-corrected chi connectivity index (χ4v) is 2.90. The summed E-state index contributed by atoms with van der Waals surface area (Å²) in [5.74, 6) is 0.184. The summed E-state index contributed by atoms with van der Waals surface area (Å²) in [5.41, 5.74) is 1.93. The third-order valence-electron chi connectivity index (χ3n) is 3.58. The van der Waals surface area contributed by atoms with E-state index in [-0.39, 0.29) is 41.3 Å². The highest BCUT2D eigenvalue weighted by molar-refractivity contribution is 8.01. The number of nitrogens with one attached hydrogen (secondary N) is 3. The van der Waals surface area contributed by atoms with E-state index < -0.39 is 0 Å². The molecule has 0 bridgehead atoms. The van der Waals surface area contributed by atoms with Crippen molar-refractivity contribution in [2.75, 3.05) is 24.2 Å². The molecule has 1 aliphatic rings. The highest BCUT2D eigenvalue weighted by Gasteiger charge is 2.21. The number of rotatable bonds is 6. The molecule has 1 fully saturated rings. The van der Waals surface area contributed by atoms with E-state index in [1.807, 2.05) is 38.1 Å². The summed E-state index contributed by atoms with van der Waals surface area (Å²) in [6, 6.07) is 7.88. The molecule has 23 heavy (non-hydrogen) atoms. The average Bonchev–Trinajstić information content (AvgIpc) is 3.00. The van der Waals surface area contributed by atoms with Crippen LogP contribution in [0.5, 0.6) is 0 Å². The number of aryl methyl sites for hydroxylation is 1. The minimum absolute atomic E-state index is 0. The van der Waals surface area contributed by atoms with E-state index in [4.69, 9.17) is 0 Å². The van der Waals surface area contributed by atoms with Crippen molar-refractivity contribution in [3.05, 3.63) is 29.8 Å². The summed E-state index contributed by atoms with van der Waals surface area (Å²) in [7, 11) is 0. The number of carbonyl (C=O) groups is 2. The Morgan fingerprint density at radius 3 is 2.65 bits per heavy atom. The molecule has 3 N–H and O–H groups in total. The molecule has 2 atom stereocenters. The Bertz CT molecular complexity index is 519. The van der Waals surface area contributed by atoms with Gasteiger partial charge < -0.3 is 16.0 Å². The zero-order valence-corrected chi connectivity index (χ0v) is 15.1. The van der Waals surface area contributed by atoms with Crippen LogP contribution in [0, 0.1) is 6.92 Å². The molecule has 0 saturated carbocycles. The Labute approximate surface area is 147 Å². The van der Waals surface area contributed by atoms with Gasteiger partial charge in [-0.3, -0.25) is 9.59 Å². The highest BCUT2D eigenvalue weighted by Crippen LogP contribution is 2.13. The van der Waals surface area contributed by atoms with E-state index in [1.165, 1.54) is 11.8 Å².